The molecule has 0 unspecified atom stereocenters. The van der Waals surface area contributed by atoms with Gasteiger partial charge in [0.05, 0.1) is 23.3 Å². The number of anilines is 1. The lowest BCUT2D eigenvalue weighted by Gasteiger charge is -2.13. The number of aryl methyl sites for hydroxylation is 1. The second-order valence-corrected chi connectivity index (χ2v) is 7.38. The molecule has 0 aliphatic carbocycles. The smallest absolute Gasteiger partial charge is 0.262 e. The summed E-state index contributed by atoms with van der Waals surface area (Å²) in [5.41, 5.74) is 1.90. The fourth-order valence-corrected chi connectivity index (χ4v) is 3.57. The van der Waals surface area contributed by atoms with Crippen LogP contribution in [0.25, 0.3) is 10.9 Å². The molecule has 8 heteroatoms. The highest BCUT2D eigenvalue weighted by molar-refractivity contribution is 6.39. The number of carbonyl (C=O) groups is 1. The first-order chi connectivity index (χ1) is 14.0. The molecule has 0 radical (unpaired) electrons. The molecule has 0 saturated heterocycles. The number of carbonyl (C=O) groups excluding carboxylic acids is 1. The Morgan fingerprint density at radius 3 is 2.72 bits per heavy atom. The maximum absolute atomic E-state index is 12.4. The Bertz CT molecular complexity index is 1090. The van der Waals surface area contributed by atoms with Gasteiger partial charge in [-0.2, -0.15) is 0 Å². The van der Waals surface area contributed by atoms with Gasteiger partial charge in [0.2, 0.25) is 0 Å². The second-order valence-electron chi connectivity index (χ2n) is 6.57. The van der Waals surface area contributed by atoms with Crippen LogP contribution in [0, 0.1) is 6.92 Å². The molecule has 2 aromatic carbocycles. The second kappa shape index (κ2) is 8.35. The monoisotopic (exact) mass is 432 g/mol. The van der Waals surface area contributed by atoms with E-state index in [1.807, 2.05) is 19.1 Å². The molecule has 150 valence electrons. The van der Waals surface area contributed by atoms with Gasteiger partial charge in [-0.1, -0.05) is 23.2 Å². The minimum absolute atomic E-state index is 0.236. The molecule has 1 aliphatic heterocycles. The number of rotatable bonds is 4. The van der Waals surface area contributed by atoms with E-state index in [0.717, 1.165) is 12.1 Å². The SMILES string of the molecule is Cc1ccc2c(Cl)cc(Cl)c(OCC(=O)Nc3ccc4c(c3)OCCCO4)c2n1. The van der Waals surface area contributed by atoms with E-state index in [9.17, 15) is 4.79 Å². The average molecular weight is 433 g/mol. The molecule has 6 nitrogen and oxygen atoms in total. The van der Waals surface area contributed by atoms with Crippen LogP contribution in [0.2, 0.25) is 10.0 Å². The summed E-state index contributed by atoms with van der Waals surface area (Å²) >= 11 is 12.5. The van der Waals surface area contributed by atoms with Crippen molar-refractivity contribution >= 4 is 45.7 Å². The first-order valence-corrected chi connectivity index (χ1v) is 9.84. The summed E-state index contributed by atoms with van der Waals surface area (Å²) in [7, 11) is 0. The van der Waals surface area contributed by atoms with Gasteiger partial charge in [0.15, 0.2) is 23.9 Å². The molecule has 4 rings (SSSR count). The molecule has 0 atom stereocenters. The highest BCUT2D eigenvalue weighted by Gasteiger charge is 2.16. The molecule has 0 bridgehead atoms. The lowest BCUT2D eigenvalue weighted by atomic mass is 10.2. The van der Waals surface area contributed by atoms with Gasteiger partial charge in [-0.15, -0.1) is 0 Å². The summed E-state index contributed by atoms with van der Waals surface area (Å²) in [6.07, 6.45) is 0.813. The third-order valence-electron chi connectivity index (χ3n) is 4.36. The van der Waals surface area contributed by atoms with Gasteiger partial charge in [-0.25, -0.2) is 4.98 Å². The zero-order chi connectivity index (χ0) is 20.4. The van der Waals surface area contributed by atoms with Gasteiger partial charge in [-0.3, -0.25) is 4.79 Å². The van der Waals surface area contributed by atoms with Crippen LogP contribution in [0.15, 0.2) is 36.4 Å². The third-order valence-corrected chi connectivity index (χ3v) is 4.95. The van der Waals surface area contributed by atoms with E-state index in [2.05, 4.69) is 10.3 Å². The molecule has 3 aromatic rings. The minimum Gasteiger partial charge on any atom is -0.490 e. The van der Waals surface area contributed by atoms with Crippen LogP contribution in [-0.2, 0) is 4.79 Å². The molecule has 1 amide bonds. The molecule has 2 heterocycles. The predicted molar refractivity (Wildman–Crippen MR) is 113 cm³/mol. The van der Waals surface area contributed by atoms with Gasteiger partial charge in [0, 0.05) is 29.3 Å². The Labute approximate surface area is 177 Å². The molecule has 0 saturated carbocycles. The minimum atomic E-state index is -0.341. The van der Waals surface area contributed by atoms with Crippen molar-refractivity contribution in [3.8, 4) is 17.2 Å². The number of nitrogens with zero attached hydrogens (tertiary/aromatic N) is 1. The largest absolute Gasteiger partial charge is 0.490 e. The Kier molecular flexibility index (Phi) is 5.65. The van der Waals surface area contributed by atoms with Gasteiger partial charge in [0.1, 0.15) is 5.52 Å². The molecule has 1 aromatic heterocycles. The number of benzene rings is 2. The number of fused-ring (bicyclic) bond motifs is 2. The van der Waals surface area contributed by atoms with Gasteiger partial charge in [0.25, 0.3) is 5.91 Å². The normalized spacial score (nSPS) is 13.1. The predicted octanol–water partition coefficient (Wildman–Crippen LogP) is 5.03. The number of pyridine rings is 1. The van der Waals surface area contributed by atoms with Crippen molar-refractivity contribution in [2.75, 3.05) is 25.1 Å². The van der Waals surface area contributed by atoms with Crippen molar-refractivity contribution in [3.05, 3.63) is 52.1 Å². The lowest BCUT2D eigenvalue weighted by molar-refractivity contribution is -0.118. The molecule has 0 fully saturated rings. The highest BCUT2D eigenvalue weighted by atomic mass is 35.5. The van der Waals surface area contributed by atoms with E-state index in [-0.39, 0.29) is 12.5 Å². The Morgan fingerprint density at radius 2 is 1.90 bits per heavy atom. The third kappa shape index (κ3) is 4.33. The van der Waals surface area contributed by atoms with Crippen LogP contribution in [0.3, 0.4) is 0 Å². The van der Waals surface area contributed by atoms with Crippen molar-refractivity contribution in [1.29, 1.82) is 0 Å². The average Bonchev–Trinajstić information content (AvgIpc) is 2.92. The van der Waals surface area contributed by atoms with Gasteiger partial charge < -0.3 is 19.5 Å². The number of nitrogens with one attached hydrogen (secondary N) is 1. The van der Waals surface area contributed by atoms with Gasteiger partial charge >= 0.3 is 0 Å². The van der Waals surface area contributed by atoms with E-state index in [1.165, 1.54) is 0 Å². The van der Waals surface area contributed by atoms with Crippen molar-refractivity contribution in [1.82, 2.24) is 4.98 Å². The Balaban J connectivity index is 1.49. The standard InChI is InChI=1S/C21H18Cl2N2O4/c1-12-3-5-14-15(22)10-16(23)21(20(14)24-12)29-11-19(26)25-13-4-6-17-18(9-13)28-8-2-7-27-17/h3-6,9-10H,2,7-8,11H2,1H3,(H,25,26). The molecule has 1 aliphatic rings. The van der Waals surface area contributed by atoms with E-state index in [0.29, 0.717) is 57.1 Å². The van der Waals surface area contributed by atoms with Crippen LogP contribution in [0.4, 0.5) is 5.69 Å². The highest BCUT2D eigenvalue weighted by Crippen LogP contribution is 2.37. The van der Waals surface area contributed by atoms with E-state index in [4.69, 9.17) is 37.4 Å². The fourth-order valence-electron chi connectivity index (χ4n) is 3.00. The van der Waals surface area contributed by atoms with Crippen LogP contribution in [0.1, 0.15) is 12.1 Å². The zero-order valence-electron chi connectivity index (χ0n) is 15.6. The summed E-state index contributed by atoms with van der Waals surface area (Å²) in [4.78, 5) is 16.9. The summed E-state index contributed by atoms with van der Waals surface area (Å²) in [6.45, 7) is 2.80. The number of halogens is 2. The molecular formula is C21H18Cl2N2O4. The molecular weight excluding hydrogens is 415 g/mol. The van der Waals surface area contributed by atoms with Crippen molar-refractivity contribution < 1.29 is 19.0 Å². The Hall–Kier alpha value is -2.70. The number of hydrogen-bond donors (Lipinski definition) is 1. The zero-order valence-corrected chi connectivity index (χ0v) is 17.1. The summed E-state index contributed by atoms with van der Waals surface area (Å²) in [5, 5.41) is 4.26. The van der Waals surface area contributed by atoms with E-state index in [1.54, 1.807) is 24.3 Å². The van der Waals surface area contributed by atoms with Crippen molar-refractivity contribution in [2.24, 2.45) is 0 Å². The van der Waals surface area contributed by atoms with Crippen LogP contribution < -0.4 is 19.5 Å². The van der Waals surface area contributed by atoms with E-state index < -0.39 is 0 Å². The lowest BCUT2D eigenvalue weighted by Crippen LogP contribution is -2.20. The van der Waals surface area contributed by atoms with E-state index >= 15 is 0 Å². The quantitative estimate of drug-likeness (QED) is 0.625. The molecule has 29 heavy (non-hydrogen) atoms. The fraction of sp³-hybridized carbons (Fsp3) is 0.238. The molecule has 0 spiro atoms. The first-order valence-electron chi connectivity index (χ1n) is 9.09. The van der Waals surface area contributed by atoms with Crippen LogP contribution in [0.5, 0.6) is 17.2 Å². The Morgan fingerprint density at radius 1 is 1.10 bits per heavy atom. The van der Waals surface area contributed by atoms with Gasteiger partial charge in [-0.05, 0) is 37.3 Å². The number of amides is 1. The topological polar surface area (TPSA) is 69.7 Å². The number of hydrogen-bond acceptors (Lipinski definition) is 5. The van der Waals surface area contributed by atoms with Crippen LogP contribution >= 0.6 is 23.2 Å². The molecule has 1 N–H and O–H groups in total. The maximum atomic E-state index is 12.4. The summed E-state index contributed by atoms with van der Waals surface area (Å²) < 4.78 is 16.9. The summed E-state index contributed by atoms with van der Waals surface area (Å²) in [6, 6.07) is 10.5. The summed E-state index contributed by atoms with van der Waals surface area (Å²) in [5.74, 6) is 1.25. The first kappa shape index (κ1) is 19.6. The maximum Gasteiger partial charge on any atom is 0.262 e. The number of aromatic nitrogens is 1. The van der Waals surface area contributed by atoms with Crippen LogP contribution in [-0.4, -0.2) is 30.7 Å². The number of ether oxygens (including phenoxy) is 3. The van der Waals surface area contributed by atoms with Crippen molar-refractivity contribution in [3.63, 3.8) is 0 Å². The van der Waals surface area contributed by atoms with Crippen molar-refractivity contribution in [2.45, 2.75) is 13.3 Å².